The molecule has 4 nitrogen and oxygen atoms in total. The Balaban J connectivity index is 1.53. The average Bonchev–Trinajstić information content (AvgIpc) is 2.99. The monoisotopic (exact) mass is 355 g/mol. The van der Waals surface area contributed by atoms with Crippen molar-refractivity contribution < 1.29 is 4.79 Å². The summed E-state index contributed by atoms with van der Waals surface area (Å²) in [5, 5.41) is 2.99. The van der Waals surface area contributed by atoms with E-state index in [4.69, 9.17) is 0 Å². The maximum atomic E-state index is 12.3. The van der Waals surface area contributed by atoms with Gasteiger partial charge in [-0.15, -0.1) is 11.8 Å². The van der Waals surface area contributed by atoms with E-state index in [2.05, 4.69) is 66.0 Å². The minimum absolute atomic E-state index is 0.0495. The summed E-state index contributed by atoms with van der Waals surface area (Å²) < 4.78 is 0. The smallest absolute Gasteiger partial charge is 0.317 e. The van der Waals surface area contributed by atoms with E-state index in [9.17, 15) is 4.79 Å². The molecule has 0 spiro atoms. The summed E-state index contributed by atoms with van der Waals surface area (Å²) >= 11 is 1.72. The van der Waals surface area contributed by atoms with Crippen molar-refractivity contribution >= 4 is 17.8 Å². The average molecular weight is 356 g/mol. The highest BCUT2D eigenvalue weighted by atomic mass is 32.2. The Morgan fingerprint density at radius 3 is 2.52 bits per heavy atom. The standard InChI is InChI=1S/C20H25N3OS/c1-22-13-17-7-4-16(10-18(17)14-22)12-23(2)20(24)21-11-15-5-8-19(25-3)9-6-15/h4-10H,11-14H2,1-3H3,(H,21,24). The van der Waals surface area contributed by atoms with Crippen LogP contribution >= 0.6 is 11.8 Å². The fourth-order valence-corrected chi connectivity index (χ4v) is 3.53. The molecule has 1 heterocycles. The van der Waals surface area contributed by atoms with Crippen molar-refractivity contribution in [3.8, 4) is 0 Å². The molecule has 3 rings (SSSR count). The summed E-state index contributed by atoms with van der Waals surface area (Å²) in [5.74, 6) is 0. The lowest BCUT2D eigenvalue weighted by Gasteiger charge is -2.18. The van der Waals surface area contributed by atoms with E-state index < -0.39 is 0 Å². The maximum absolute atomic E-state index is 12.3. The lowest BCUT2D eigenvalue weighted by Crippen LogP contribution is -2.36. The van der Waals surface area contributed by atoms with Crippen molar-refractivity contribution in [2.45, 2.75) is 31.1 Å². The minimum atomic E-state index is -0.0495. The largest absolute Gasteiger partial charge is 0.334 e. The lowest BCUT2D eigenvalue weighted by atomic mass is 10.1. The van der Waals surface area contributed by atoms with Gasteiger partial charge in [0.1, 0.15) is 0 Å². The molecule has 0 radical (unpaired) electrons. The first-order chi connectivity index (χ1) is 12.0. The Bertz CT molecular complexity index is 745. The Labute approximate surface area is 154 Å². The molecule has 0 aliphatic carbocycles. The van der Waals surface area contributed by atoms with Crippen molar-refractivity contribution in [3.05, 3.63) is 64.7 Å². The third-order valence-corrected chi connectivity index (χ3v) is 5.26. The quantitative estimate of drug-likeness (QED) is 0.831. The van der Waals surface area contributed by atoms with Crippen molar-refractivity contribution in [1.29, 1.82) is 0 Å². The van der Waals surface area contributed by atoms with Gasteiger partial charge in [0.2, 0.25) is 0 Å². The summed E-state index contributed by atoms with van der Waals surface area (Å²) in [6.45, 7) is 3.17. The molecular weight excluding hydrogens is 330 g/mol. The first-order valence-corrected chi connectivity index (χ1v) is 9.69. The van der Waals surface area contributed by atoms with Gasteiger partial charge in [0.05, 0.1) is 0 Å². The first-order valence-electron chi connectivity index (χ1n) is 8.46. The zero-order valence-electron chi connectivity index (χ0n) is 15.1. The van der Waals surface area contributed by atoms with E-state index in [0.29, 0.717) is 13.1 Å². The number of carbonyl (C=O) groups excluding carboxylic acids is 1. The van der Waals surface area contributed by atoms with Crippen LogP contribution in [-0.4, -0.2) is 36.2 Å². The van der Waals surface area contributed by atoms with Gasteiger partial charge in [-0.1, -0.05) is 30.3 Å². The number of nitrogens with zero attached hydrogens (tertiary/aromatic N) is 2. The molecule has 1 aliphatic rings. The second-order valence-corrected chi connectivity index (χ2v) is 7.52. The molecule has 1 N–H and O–H groups in total. The zero-order chi connectivity index (χ0) is 17.8. The van der Waals surface area contributed by atoms with Crippen LogP contribution in [0.3, 0.4) is 0 Å². The lowest BCUT2D eigenvalue weighted by molar-refractivity contribution is 0.206. The summed E-state index contributed by atoms with van der Waals surface area (Å²) in [5.41, 5.74) is 5.06. The normalized spacial score (nSPS) is 13.6. The van der Waals surface area contributed by atoms with Crippen LogP contribution < -0.4 is 5.32 Å². The molecule has 25 heavy (non-hydrogen) atoms. The topological polar surface area (TPSA) is 35.6 Å². The van der Waals surface area contributed by atoms with E-state index in [1.54, 1.807) is 16.7 Å². The molecule has 0 atom stereocenters. The van der Waals surface area contributed by atoms with E-state index in [1.807, 2.05) is 7.05 Å². The second kappa shape index (κ2) is 7.93. The van der Waals surface area contributed by atoms with Crippen LogP contribution in [0.15, 0.2) is 47.4 Å². The molecular formula is C20H25N3OS. The number of carbonyl (C=O) groups is 1. The number of urea groups is 1. The van der Waals surface area contributed by atoms with E-state index in [1.165, 1.54) is 21.6 Å². The molecule has 0 fully saturated rings. The number of benzene rings is 2. The molecule has 2 aromatic carbocycles. The molecule has 0 saturated heterocycles. The van der Waals surface area contributed by atoms with Gasteiger partial charge < -0.3 is 10.2 Å². The number of thioether (sulfide) groups is 1. The Kier molecular flexibility index (Phi) is 5.66. The Morgan fingerprint density at radius 1 is 1.12 bits per heavy atom. The van der Waals surface area contributed by atoms with E-state index >= 15 is 0 Å². The fourth-order valence-electron chi connectivity index (χ4n) is 3.12. The fraction of sp³-hybridized carbons (Fsp3) is 0.350. The highest BCUT2D eigenvalue weighted by molar-refractivity contribution is 7.98. The summed E-state index contributed by atoms with van der Waals surface area (Å²) in [6, 6.07) is 14.8. The van der Waals surface area contributed by atoms with Gasteiger partial charge in [0.15, 0.2) is 0 Å². The van der Waals surface area contributed by atoms with Gasteiger partial charge in [-0.25, -0.2) is 4.79 Å². The number of rotatable bonds is 5. The molecule has 0 unspecified atom stereocenters. The maximum Gasteiger partial charge on any atom is 0.317 e. The van der Waals surface area contributed by atoms with Crippen molar-refractivity contribution in [2.75, 3.05) is 20.4 Å². The van der Waals surface area contributed by atoms with Gasteiger partial charge >= 0.3 is 6.03 Å². The van der Waals surface area contributed by atoms with E-state index in [0.717, 1.165) is 18.7 Å². The predicted octanol–water partition coefficient (Wildman–Crippen LogP) is 3.70. The first kappa shape index (κ1) is 17.8. The third kappa shape index (κ3) is 4.55. The highest BCUT2D eigenvalue weighted by Crippen LogP contribution is 2.22. The van der Waals surface area contributed by atoms with Crippen LogP contribution in [0.4, 0.5) is 4.79 Å². The number of nitrogens with one attached hydrogen (secondary N) is 1. The molecule has 5 heteroatoms. The predicted molar refractivity (Wildman–Crippen MR) is 104 cm³/mol. The Morgan fingerprint density at radius 2 is 1.80 bits per heavy atom. The molecule has 2 amide bonds. The zero-order valence-corrected chi connectivity index (χ0v) is 15.9. The number of hydrogen-bond acceptors (Lipinski definition) is 3. The van der Waals surface area contributed by atoms with Crippen LogP contribution in [0.2, 0.25) is 0 Å². The van der Waals surface area contributed by atoms with Gasteiger partial charge in [0.25, 0.3) is 0 Å². The Hall–Kier alpha value is -1.98. The number of hydrogen-bond donors (Lipinski definition) is 1. The number of fused-ring (bicyclic) bond motifs is 1. The molecule has 0 aromatic heterocycles. The summed E-state index contributed by atoms with van der Waals surface area (Å²) in [7, 11) is 3.97. The van der Waals surface area contributed by atoms with Gasteiger partial charge in [-0.2, -0.15) is 0 Å². The molecule has 0 saturated carbocycles. The summed E-state index contributed by atoms with van der Waals surface area (Å²) in [4.78, 5) is 17.6. The minimum Gasteiger partial charge on any atom is -0.334 e. The molecule has 1 aliphatic heterocycles. The molecule has 2 aromatic rings. The van der Waals surface area contributed by atoms with E-state index in [-0.39, 0.29) is 6.03 Å². The van der Waals surface area contributed by atoms with Gasteiger partial charge in [-0.3, -0.25) is 4.90 Å². The van der Waals surface area contributed by atoms with Crippen molar-refractivity contribution in [2.24, 2.45) is 0 Å². The van der Waals surface area contributed by atoms with Crippen LogP contribution in [0.25, 0.3) is 0 Å². The molecule has 0 bridgehead atoms. The van der Waals surface area contributed by atoms with Crippen LogP contribution in [0.5, 0.6) is 0 Å². The summed E-state index contributed by atoms with van der Waals surface area (Å²) in [6.07, 6.45) is 2.06. The second-order valence-electron chi connectivity index (χ2n) is 6.64. The van der Waals surface area contributed by atoms with Crippen molar-refractivity contribution in [3.63, 3.8) is 0 Å². The third-order valence-electron chi connectivity index (χ3n) is 4.52. The van der Waals surface area contributed by atoms with Gasteiger partial charge in [0, 0.05) is 38.1 Å². The van der Waals surface area contributed by atoms with Crippen LogP contribution in [0.1, 0.15) is 22.3 Å². The molecule has 132 valence electrons. The van der Waals surface area contributed by atoms with Crippen LogP contribution in [0, 0.1) is 0 Å². The van der Waals surface area contributed by atoms with Gasteiger partial charge in [-0.05, 0) is 47.7 Å². The van der Waals surface area contributed by atoms with Crippen molar-refractivity contribution in [1.82, 2.24) is 15.1 Å². The number of amides is 2. The SMILES string of the molecule is CSc1ccc(CNC(=O)N(C)Cc2ccc3c(c2)CN(C)C3)cc1. The van der Waals surface area contributed by atoms with Crippen LogP contribution in [-0.2, 0) is 26.2 Å². The highest BCUT2D eigenvalue weighted by Gasteiger charge is 2.16.